The van der Waals surface area contributed by atoms with Crippen molar-refractivity contribution in [2.45, 2.75) is 4.90 Å². The van der Waals surface area contributed by atoms with Crippen LogP contribution in [-0.2, 0) is 10.0 Å². The Kier molecular flexibility index (Phi) is 3.89. The van der Waals surface area contributed by atoms with Crippen molar-refractivity contribution in [2.75, 3.05) is 4.72 Å². The Balaban J connectivity index is 1.88. The molecule has 1 aromatic carbocycles. The molecule has 2 N–H and O–H groups in total. The summed E-state index contributed by atoms with van der Waals surface area (Å²) in [7, 11) is -3.86. The number of nitrogens with zero attached hydrogens (tertiary/aromatic N) is 2. The van der Waals surface area contributed by atoms with Crippen LogP contribution in [0.3, 0.4) is 0 Å². The van der Waals surface area contributed by atoms with E-state index in [0.717, 1.165) is 17.0 Å². The number of thiophene rings is 1. The minimum atomic E-state index is -3.86. The maximum absolute atomic E-state index is 12.4. The second-order valence-electron chi connectivity index (χ2n) is 4.52. The number of anilines is 1. The summed E-state index contributed by atoms with van der Waals surface area (Å²) in [6.45, 7) is 0. The Labute approximate surface area is 135 Å². The predicted octanol–water partition coefficient (Wildman–Crippen LogP) is 2.43. The standard InChI is InChI=1S/C14H11N3O4S2/c18-14(19)13-12(6-9-22-13)16-23(20,21)11-4-2-10(3-5-11)17-8-1-7-15-17/h1-9,16H,(H,18,19). The Morgan fingerprint density at radius 3 is 2.57 bits per heavy atom. The van der Waals surface area contributed by atoms with E-state index in [-0.39, 0.29) is 15.5 Å². The zero-order valence-electron chi connectivity index (χ0n) is 11.6. The first-order valence-corrected chi connectivity index (χ1v) is 8.77. The van der Waals surface area contributed by atoms with Gasteiger partial charge in [0.15, 0.2) is 0 Å². The number of aromatic nitrogens is 2. The Bertz CT molecular complexity index is 929. The molecule has 9 heteroatoms. The lowest BCUT2D eigenvalue weighted by Crippen LogP contribution is -2.14. The predicted molar refractivity (Wildman–Crippen MR) is 85.7 cm³/mol. The van der Waals surface area contributed by atoms with Crippen LogP contribution in [0.2, 0.25) is 0 Å². The van der Waals surface area contributed by atoms with E-state index in [1.54, 1.807) is 35.3 Å². The van der Waals surface area contributed by atoms with Gasteiger partial charge in [0, 0.05) is 12.4 Å². The third kappa shape index (κ3) is 3.10. The molecule has 118 valence electrons. The fraction of sp³-hybridized carbons (Fsp3) is 0. The molecule has 2 aromatic heterocycles. The second kappa shape index (κ2) is 5.86. The van der Waals surface area contributed by atoms with Crippen LogP contribution >= 0.6 is 11.3 Å². The van der Waals surface area contributed by atoms with Crippen LogP contribution in [0.25, 0.3) is 5.69 Å². The smallest absolute Gasteiger partial charge is 0.348 e. The van der Waals surface area contributed by atoms with E-state index in [0.29, 0.717) is 0 Å². The van der Waals surface area contributed by atoms with Gasteiger partial charge >= 0.3 is 5.97 Å². The summed E-state index contributed by atoms with van der Waals surface area (Å²) in [5.74, 6) is -1.17. The van der Waals surface area contributed by atoms with Crippen molar-refractivity contribution >= 4 is 33.0 Å². The number of hydrogen-bond donors (Lipinski definition) is 2. The number of aromatic carboxylic acids is 1. The molecule has 0 fully saturated rings. The zero-order chi connectivity index (χ0) is 16.4. The fourth-order valence-electron chi connectivity index (χ4n) is 1.96. The molecular formula is C14H11N3O4S2. The average Bonchev–Trinajstić information content (AvgIpc) is 3.18. The molecule has 0 radical (unpaired) electrons. The number of sulfonamides is 1. The van der Waals surface area contributed by atoms with Gasteiger partial charge in [-0.25, -0.2) is 17.9 Å². The fourth-order valence-corrected chi connectivity index (χ4v) is 3.78. The van der Waals surface area contributed by atoms with Gasteiger partial charge in [0.05, 0.1) is 16.3 Å². The molecule has 0 bridgehead atoms. The van der Waals surface area contributed by atoms with E-state index < -0.39 is 16.0 Å². The molecule has 3 rings (SSSR count). The van der Waals surface area contributed by atoms with E-state index in [9.17, 15) is 13.2 Å². The summed E-state index contributed by atoms with van der Waals surface area (Å²) in [5.41, 5.74) is 0.773. The highest BCUT2D eigenvalue weighted by atomic mass is 32.2. The summed E-state index contributed by atoms with van der Waals surface area (Å²) in [6, 6.07) is 9.29. The molecule has 0 amide bonds. The lowest BCUT2D eigenvalue weighted by Gasteiger charge is -2.08. The molecule has 0 unspecified atom stereocenters. The van der Waals surface area contributed by atoms with Gasteiger partial charge in [0.25, 0.3) is 10.0 Å². The topological polar surface area (TPSA) is 101 Å². The van der Waals surface area contributed by atoms with Crippen molar-refractivity contribution in [2.24, 2.45) is 0 Å². The lowest BCUT2D eigenvalue weighted by molar-refractivity contribution is 0.0703. The summed E-state index contributed by atoms with van der Waals surface area (Å²) in [5, 5.41) is 14.6. The van der Waals surface area contributed by atoms with Crippen molar-refractivity contribution in [3.8, 4) is 5.69 Å². The van der Waals surface area contributed by atoms with Crippen LogP contribution in [-0.4, -0.2) is 29.3 Å². The number of rotatable bonds is 5. The molecule has 2 heterocycles. The molecule has 3 aromatic rings. The Morgan fingerprint density at radius 2 is 1.96 bits per heavy atom. The number of benzene rings is 1. The van der Waals surface area contributed by atoms with Crippen LogP contribution in [0.1, 0.15) is 9.67 Å². The highest BCUT2D eigenvalue weighted by Crippen LogP contribution is 2.25. The number of hydrogen-bond acceptors (Lipinski definition) is 5. The largest absolute Gasteiger partial charge is 0.477 e. The summed E-state index contributed by atoms with van der Waals surface area (Å²) >= 11 is 0.956. The molecule has 23 heavy (non-hydrogen) atoms. The van der Waals surface area contributed by atoms with E-state index in [4.69, 9.17) is 5.11 Å². The van der Waals surface area contributed by atoms with Crippen LogP contribution in [0.5, 0.6) is 0 Å². The summed E-state index contributed by atoms with van der Waals surface area (Å²) < 4.78 is 28.6. The van der Waals surface area contributed by atoms with Crippen molar-refractivity contribution in [1.82, 2.24) is 9.78 Å². The van der Waals surface area contributed by atoms with Crippen molar-refractivity contribution in [3.05, 3.63) is 59.0 Å². The third-order valence-electron chi connectivity index (χ3n) is 3.02. The highest BCUT2D eigenvalue weighted by molar-refractivity contribution is 7.92. The van der Waals surface area contributed by atoms with Crippen LogP contribution < -0.4 is 4.72 Å². The number of carboxylic acid groups (broad SMARTS) is 1. The normalized spacial score (nSPS) is 11.3. The Morgan fingerprint density at radius 1 is 1.22 bits per heavy atom. The minimum absolute atomic E-state index is 0.0379. The van der Waals surface area contributed by atoms with Crippen molar-refractivity contribution in [3.63, 3.8) is 0 Å². The van der Waals surface area contributed by atoms with E-state index in [1.807, 2.05) is 0 Å². The maximum Gasteiger partial charge on any atom is 0.348 e. The minimum Gasteiger partial charge on any atom is -0.477 e. The van der Waals surface area contributed by atoms with Crippen LogP contribution in [0.4, 0.5) is 5.69 Å². The maximum atomic E-state index is 12.4. The number of carboxylic acids is 1. The first kappa shape index (κ1) is 15.3. The summed E-state index contributed by atoms with van der Waals surface area (Å²) in [6.07, 6.45) is 3.36. The number of carbonyl (C=O) groups is 1. The molecule has 7 nitrogen and oxygen atoms in total. The average molecular weight is 349 g/mol. The van der Waals surface area contributed by atoms with E-state index in [1.165, 1.54) is 23.6 Å². The first-order valence-electron chi connectivity index (χ1n) is 6.41. The molecule has 0 saturated heterocycles. The highest BCUT2D eigenvalue weighted by Gasteiger charge is 2.19. The molecule has 0 spiro atoms. The van der Waals surface area contributed by atoms with Gasteiger partial charge in [-0.2, -0.15) is 5.10 Å². The SMILES string of the molecule is O=C(O)c1sccc1NS(=O)(=O)c1ccc(-n2cccn2)cc1. The van der Waals surface area contributed by atoms with Gasteiger partial charge in [-0.15, -0.1) is 11.3 Å². The third-order valence-corrected chi connectivity index (χ3v) is 5.30. The van der Waals surface area contributed by atoms with Gasteiger partial charge in [0.2, 0.25) is 0 Å². The lowest BCUT2D eigenvalue weighted by atomic mass is 10.3. The zero-order valence-corrected chi connectivity index (χ0v) is 13.2. The van der Waals surface area contributed by atoms with E-state index >= 15 is 0 Å². The monoisotopic (exact) mass is 349 g/mol. The molecule has 0 aliphatic carbocycles. The van der Waals surface area contributed by atoms with E-state index in [2.05, 4.69) is 9.82 Å². The van der Waals surface area contributed by atoms with Crippen molar-refractivity contribution in [1.29, 1.82) is 0 Å². The number of nitrogens with one attached hydrogen (secondary N) is 1. The summed E-state index contributed by atoms with van der Waals surface area (Å²) in [4.78, 5) is 11.0. The van der Waals surface area contributed by atoms with Crippen LogP contribution in [0.15, 0.2) is 59.1 Å². The quantitative estimate of drug-likeness (QED) is 0.737. The van der Waals surface area contributed by atoms with Gasteiger partial charge in [-0.1, -0.05) is 0 Å². The molecule has 0 saturated carbocycles. The van der Waals surface area contributed by atoms with Crippen molar-refractivity contribution < 1.29 is 18.3 Å². The molecule has 0 atom stereocenters. The van der Waals surface area contributed by atoms with Gasteiger partial charge < -0.3 is 5.11 Å². The van der Waals surface area contributed by atoms with Gasteiger partial charge in [0.1, 0.15) is 4.88 Å². The molecular weight excluding hydrogens is 338 g/mol. The Hall–Kier alpha value is -2.65. The van der Waals surface area contributed by atoms with Gasteiger partial charge in [-0.3, -0.25) is 4.72 Å². The van der Waals surface area contributed by atoms with Crippen LogP contribution in [0, 0.1) is 0 Å². The molecule has 0 aliphatic rings. The molecule has 0 aliphatic heterocycles. The first-order chi connectivity index (χ1) is 11.0. The van der Waals surface area contributed by atoms with Gasteiger partial charge in [-0.05, 0) is 41.8 Å². The second-order valence-corrected chi connectivity index (χ2v) is 7.12.